The second-order valence-corrected chi connectivity index (χ2v) is 4.98. The van der Waals surface area contributed by atoms with Crippen LogP contribution in [0.5, 0.6) is 0 Å². The minimum atomic E-state index is -0.698. The fraction of sp³-hybridized carbons (Fsp3) is 0.889. The molecule has 0 rings (SSSR count). The lowest BCUT2D eigenvalue weighted by molar-refractivity contribution is -0.139. The van der Waals surface area contributed by atoms with Gasteiger partial charge in [0.25, 0.3) is 0 Å². The highest BCUT2D eigenvalue weighted by Crippen LogP contribution is 2.29. The summed E-state index contributed by atoms with van der Waals surface area (Å²) in [4.78, 5) is 10.8. The van der Waals surface area contributed by atoms with Crippen LogP contribution in [0, 0.1) is 5.92 Å². The maximum atomic E-state index is 10.8. The molecular weight excluding hydrogens is 172 g/mol. The van der Waals surface area contributed by atoms with Crippen molar-refractivity contribution in [2.24, 2.45) is 5.92 Å². The lowest BCUT2D eigenvalue weighted by Crippen LogP contribution is -2.31. The fourth-order valence-corrected chi connectivity index (χ4v) is 1.36. The van der Waals surface area contributed by atoms with Crippen LogP contribution in [0.3, 0.4) is 0 Å². The molecule has 0 spiro atoms. The molecule has 0 aromatic heterocycles. The van der Waals surface area contributed by atoms with Crippen molar-refractivity contribution >= 4 is 17.7 Å². The predicted octanol–water partition coefficient (Wildman–Crippen LogP) is 2.63. The first-order valence-corrected chi connectivity index (χ1v) is 5.43. The molecule has 1 N–H and O–H groups in total. The first-order chi connectivity index (χ1) is 5.42. The second-order valence-electron chi connectivity index (χ2n) is 3.67. The van der Waals surface area contributed by atoms with Gasteiger partial charge in [-0.1, -0.05) is 13.8 Å². The van der Waals surface area contributed by atoms with Crippen molar-refractivity contribution < 1.29 is 9.90 Å². The summed E-state index contributed by atoms with van der Waals surface area (Å²) >= 11 is 1.42. The van der Waals surface area contributed by atoms with E-state index in [0.717, 1.165) is 12.8 Å². The Morgan fingerprint density at radius 2 is 2.08 bits per heavy atom. The normalized spacial score (nSPS) is 16.1. The SMILES string of the molecule is CSC(C)(CCC(C)C)C(=O)O. The van der Waals surface area contributed by atoms with Crippen molar-refractivity contribution in [1.29, 1.82) is 0 Å². The van der Waals surface area contributed by atoms with E-state index < -0.39 is 10.7 Å². The highest BCUT2D eigenvalue weighted by atomic mass is 32.2. The Morgan fingerprint density at radius 1 is 1.58 bits per heavy atom. The van der Waals surface area contributed by atoms with Crippen molar-refractivity contribution in [3.63, 3.8) is 0 Å². The first kappa shape index (κ1) is 11.8. The Kier molecular flexibility index (Phi) is 4.68. The molecule has 2 nitrogen and oxygen atoms in total. The van der Waals surface area contributed by atoms with Gasteiger partial charge in [0.1, 0.15) is 4.75 Å². The number of hydrogen-bond acceptors (Lipinski definition) is 2. The number of aliphatic carboxylic acids is 1. The van der Waals surface area contributed by atoms with Gasteiger partial charge in [-0.05, 0) is 31.9 Å². The van der Waals surface area contributed by atoms with Gasteiger partial charge in [-0.3, -0.25) is 4.79 Å². The van der Waals surface area contributed by atoms with Crippen LogP contribution in [0.15, 0.2) is 0 Å². The molecule has 0 aliphatic rings. The third-order valence-electron chi connectivity index (χ3n) is 2.10. The van der Waals surface area contributed by atoms with Crippen LogP contribution in [0.25, 0.3) is 0 Å². The molecule has 3 heteroatoms. The Balaban J connectivity index is 4.06. The molecule has 0 amide bonds. The van der Waals surface area contributed by atoms with Gasteiger partial charge in [0.15, 0.2) is 0 Å². The summed E-state index contributed by atoms with van der Waals surface area (Å²) in [5, 5.41) is 8.92. The van der Waals surface area contributed by atoms with E-state index in [-0.39, 0.29) is 0 Å². The highest BCUT2D eigenvalue weighted by Gasteiger charge is 2.31. The summed E-state index contributed by atoms with van der Waals surface area (Å²) in [5.74, 6) is -0.119. The molecule has 12 heavy (non-hydrogen) atoms. The summed E-state index contributed by atoms with van der Waals surface area (Å²) in [6.45, 7) is 6.02. The van der Waals surface area contributed by atoms with Crippen molar-refractivity contribution in [2.75, 3.05) is 6.26 Å². The lowest BCUT2D eigenvalue weighted by atomic mass is 9.99. The van der Waals surface area contributed by atoms with E-state index in [1.165, 1.54) is 11.8 Å². The number of rotatable bonds is 5. The smallest absolute Gasteiger partial charge is 0.319 e. The van der Waals surface area contributed by atoms with Gasteiger partial charge in [0, 0.05) is 0 Å². The van der Waals surface area contributed by atoms with E-state index in [9.17, 15) is 4.79 Å². The summed E-state index contributed by atoms with van der Waals surface area (Å²) < 4.78 is -0.593. The van der Waals surface area contributed by atoms with Gasteiger partial charge in [0.05, 0.1) is 0 Å². The largest absolute Gasteiger partial charge is 0.480 e. The van der Waals surface area contributed by atoms with Crippen LogP contribution in [0.2, 0.25) is 0 Å². The quantitative estimate of drug-likeness (QED) is 0.724. The van der Waals surface area contributed by atoms with E-state index in [4.69, 9.17) is 5.11 Å². The van der Waals surface area contributed by atoms with Crippen LogP contribution in [0.1, 0.15) is 33.6 Å². The summed E-state index contributed by atoms with van der Waals surface area (Å²) in [6, 6.07) is 0. The number of carboxylic acids is 1. The molecule has 72 valence electrons. The Bertz CT molecular complexity index is 157. The van der Waals surface area contributed by atoms with Crippen LogP contribution in [-0.4, -0.2) is 22.1 Å². The zero-order chi connectivity index (χ0) is 9.78. The Hall–Kier alpha value is -0.180. The lowest BCUT2D eigenvalue weighted by Gasteiger charge is -2.22. The van der Waals surface area contributed by atoms with Gasteiger partial charge in [0.2, 0.25) is 0 Å². The number of carboxylic acid groups (broad SMARTS) is 1. The third-order valence-corrected chi connectivity index (χ3v) is 3.38. The zero-order valence-electron chi connectivity index (χ0n) is 8.26. The molecule has 0 heterocycles. The van der Waals surface area contributed by atoms with Gasteiger partial charge in [-0.25, -0.2) is 0 Å². The average Bonchev–Trinajstić information content (AvgIpc) is 1.99. The Labute approximate surface area is 78.7 Å². The second kappa shape index (κ2) is 4.75. The van der Waals surface area contributed by atoms with Gasteiger partial charge in [-0.15, -0.1) is 11.8 Å². The molecule has 0 saturated heterocycles. The molecule has 0 aliphatic carbocycles. The maximum Gasteiger partial charge on any atom is 0.319 e. The summed E-state index contributed by atoms with van der Waals surface area (Å²) in [7, 11) is 0. The topological polar surface area (TPSA) is 37.3 Å². The molecule has 1 atom stereocenters. The first-order valence-electron chi connectivity index (χ1n) is 4.21. The molecule has 0 aromatic carbocycles. The maximum absolute atomic E-state index is 10.8. The zero-order valence-corrected chi connectivity index (χ0v) is 9.07. The highest BCUT2D eigenvalue weighted by molar-refractivity contribution is 8.00. The standard InChI is InChI=1S/C9H18O2S/c1-7(2)5-6-9(3,12-4)8(10)11/h7H,5-6H2,1-4H3,(H,10,11). The number of carbonyl (C=O) groups is 1. The predicted molar refractivity (Wildman–Crippen MR) is 53.6 cm³/mol. The number of thioether (sulfide) groups is 1. The molecule has 0 saturated carbocycles. The van der Waals surface area contributed by atoms with E-state index >= 15 is 0 Å². The Morgan fingerprint density at radius 3 is 2.33 bits per heavy atom. The molecule has 0 fully saturated rings. The summed E-state index contributed by atoms with van der Waals surface area (Å²) in [5.41, 5.74) is 0. The van der Waals surface area contributed by atoms with Gasteiger partial charge >= 0.3 is 5.97 Å². The molecule has 0 aliphatic heterocycles. The molecule has 0 bridgehead atoms. The van der Waals surface area contributed by atoms with Crippen molar-refractivity contribution in [2.45, 2.75) is 38.4 Å². The minimum Gasteiger partial charge on any atom is -0.480 e. The van der Waals surface area contributed by atoms with Gasteiger partial charge < -0.3 is 5.11 Å². The monoisotopic (exact) mass is 190 g/mol. The van der Waals surface area contributed by atoms with Crippen LogP contribution < -0.4 is 0 Å². The van der Waals surface area contributed by atoms with E-state index in [0.29, 0.717) is 5.92 Å². The van der Waals surface area contributed by atoms with Crippen LogP contribution in [-0.2, 0) is 4.79 Å². The third kappa shape index (κ3) is 3.48. The van der Waals surface area contributed by atoms with E-state index in [2.05, 4.69) is 13.8 Å². The fourth-order valence-electron chi connectivity index (χ4n) is 0.860. The molecule has 1 unspecified atom stereocenters. The summed E-state index contributed by atoms with van der Waals surface area (Å²) in [6.07, 6.45) is 3.58. The van der Waals surface area contributed by atoms with E-state index in [1.807, 2.05) is 6.26 Å². The average molecular weight is 190 g/mol. The van der Waals surface area contributed by atoms with Crippen LogP contribution >= 0.6 is 11.8 Å². The van der Waals surface area contributed by atoms with Crippen molar-refractivity contribution in [1.82, 2.24) is 0 Å². The molecule has 0 radical (unpaired) electrons. The van der Waals surface area contributed by atoms with Crippen molar-refractivity contribution in [3.05, 3.63) is 0 Å². The van der Waals surface area contributed by atoms with Gasteiger partial charge in [-0.2, -0.15) is 0 Å². The molecular formula is C9H18O2S. The van der Waals surface area contributed by atoms with Crippen LogP contribution in [0.4, 0.5) is 0 Å². The van der Waals surface area contributed by atoms with Crippen molar-refractivity contribution in [3.8, 4) is 0 Å². The number of hydrogen-bond donors (Lipinski definition) is 1. The minimum absolute atomic E-state index is 0.579. The van der Waals surface area contributed by atoms with E-state index in [1.54, 1.807) is 6.92 Å². The molecule has 0 aromatic rings.